The number of rotatable bonds is 7. The number of amides is 3. The number of ether oxygens (including phenoxy) is 1. The van der Waals surface area contributed by atoms with Crippen molar-refractivity contribution >= 4 is 63.8 Å². The van der Waals surface area contributed by atoms with E-state index in [0.717, 1.165) is 28.3 Å². The van der Waals surface area contributed by atoms with E-state index < -0.39 is 17.0 Å². The van der Waals surface area contributed by atoms with Crippen LogP contribution in [0, 0.1) is 12.7 Å². The van der Waals surface area contributed by atoms with Gasteiger partial charge in [0.2, 0.25) is 0 Å². The highest BCUT2D eigenvalue weighted by atomic mass is 35.5. The van der Waals surface area contributed by atoms with Crippen molar-refractivity contribution in [3.63, 3.8) is 0 Å². The lowest BCUT2D eigenvalue weighted by atomic mass is 10.1. The van der Waals surface area contributed by atoms with Gasteiger partial charge in [0.05, 0.1) is 11.4 Å². The number of hydrogen-bond donors (Lipinski definition) is 1. The fourth-order valence-electron chi connectivity index (χ4n) is 3.34. The van der Waals surface area contributed by atoms with E-state index in [1.54, 1.807) is 42.5 Å². The molecule has 10 heteroatoms. The Morgan fingerprint density at radius 1 is 1.08 bits per heavy atom. The van der Waals surface area contributed by atoms with Crippen LogP contribution >= 0.6 is 35.0 Å². The summed E-state index contributed by atoms with van der Waals surface area (Å²) in [7, 11) is 0. The second-order valence-electron chi connectivity index (χ2n) is 7.84. The molecule has 1 heterocycles. The Balaban J connectivity index is 1.45. The standard InChI is InChI=1S/C26H19Cl2FN2O4S/c1-15-6-9-19(12-20(15)27)30-24(32)14-35-22-5-3-2-4-16(22)10-23-25(33)31(26(34)36-23)13-17-7-8-18(29)11-21(17)28/h2-12H,13-14H2,1H3,(H,30,32)/b23-10-. The van der Waals surface area contributed by atoms with Gasteiger partial charge in [-0.05, 0) is 66.2 Å². The first-order valence-electron chi connectivity index (χ1n) is 10.7. The molecule has 0 radical (unpaired) electrons. The van der Waals surface area contributed by atoms with E-state index >= 15 is 0 Å². The maximum absolute atomic E-state index is 13.3. The average Bonchev–Trinajstić information content (AvgIpc) is 3.10. The fraction of sp³-hybridized carbons (Fsp3) is 0.115. The number of para-hydroxylation sites is 1. The summed E-state index contributed by atoms with van der Waals surface area (Å²) >= 11 is 12.9. The van der Waals surface area contributed by atoms with Gasteiger partial charge in [0, 0.05) is 21.3 Å². The number of imide groups is 1. The summed E-state index contributed by atoms with van der Waals surface area (Å²) in [5.74, 6) is -1.04. The molecule has 0 bridgehead atoms. The van der Waals surface area contributed by atoms with E-state index in [4.69, 9.17) is 27.9 Å². The predicted octanol–water partition coefficient (Wildman–Crippen LogP) is 6.69. The molecule has 0 spiro atoms. The van der Waals surface area contributed by atoms with E-state index in [9.17, 15) is 18.8 Å². The van der Waals surface area contributed by atoms with Crippen LogP contribution in [0.1, 0.15) is 16.7 Å². The van der Waals surface area contributed by atoms with E-state index in [1.807, 2.05) is 6.92 Å². The largest absolute Gasteiger partial charge is 0.483 e. The summed E-state index contributed by atoms with van der Waals surface area (Å²) in [6.45, 7) is 1.50. The Kier molecular flexibility index (Phi) is 7.98. The smallest absolute Gasteiger partial charge is 0.293 e. The lowest BCUT2D eigenvalue weighted by Crippen LogP contribution is -2.27. The van der Waals surface area contributed by atoms with Gasteiger partial charge in [0.15, 0.2) is 6.61 Å². The SMILES string of the molecule is Cc1ccc(NC(=O)COc2ccccc2/C=C2\SC(=O)N(Cc3ccc(F)cc3Cl)C2=O)cc1Cl. The topological polar surface area (TPSA) is 75.7 Å². The predicted molar refractivity (Wildman–Crippen MR) is 140 cm³/mol. The van der Waals surface area contributed by atoms with Crippen LogP contribution in [0.2, 0.25) is 10.0 Å². The number of nitrogens with zero attached hydrogens (tertiary/aromatic N) is 1. The summed E-state index contributed by atoms with van der Waals surface area (Å²) in [6.07, 6.45) is 1.53. The first-order valence-corrected chi connectivity index (χ1v) is 12.3. The quantitative estimate of drug-likeness (QED) is 0.335. The molecule has 1 fully saturated rings. The minimum absolute atomic E-state index is 0.0809. The number of thioether (sulfide) groups is 1. The van der Waals surface area contributed by atoms with Crippen LogP contribution in [0.3, 0.4) is 0 Å². The Hall–Kier alpha value is -3.33. The molecule has 0 unspecified atom stereocenters. The Labute approximate surface area is 221 Å². The third kappa shape index (κ3) is 6.07. The van der Waals surface area contributed by atoms with Gasteiger partial charge < -0.3 is 10.1 Å². The van der Waals surface area contributed by atoms with Crippen LogP contribution in [0.4, 0.5) is 14.9 Å². The van der Waals surface area contributed by atoms with E-state index in [-0.39, 0.29) is 29.0 Å². The van der Waals surface area contributed by atoms with Gasteiger partial charge in [-0.15, -0.1) is 0 Å². The highest BCUT2D eigenvalue weighted by molar-refractivity contribution is 8.18. The van der Waals surface area contributed by atoms with E-state index in [2.05, 4.69) is 5.32 Å². The normalized spacial score (nSPS) is 14.4. The molecule has 4 rings (SSSR count). The van der Waals surface area contributed by atoms with Crippen LogP contribution in [0.5, 0.6) is 5.75 Å². The minimum atomic E-state index is -0.509. The summed E-state index contributed by atoms with van der Waals surface area (Å²) < 4.78 is 19.0. The second-order valence-corrected chi connectivity index (χ2v) is 9.65. The van der Waals surface area contributed by atoms with Gasteiger partial charge in [0.25, 0.3) is 17.1 Å². The third-order valence-electron chi connectivity index (χ3n) is 5.24. The number of halogens is 3. The van der Waals surface area contributed by atoms with Crippen LogP contribution < -0.4 is 10.1 Å². The van der Waals surface area contributed by atoms with Crippen LogP contribution in [0.25, 0.3) is 6.08 Å². The number of benzene rings is 3. The van der Waals surface area contributed by atoms with Crippen LogP contribution in [-0.2, 0) is 16.1 Å². The molecule has 0 atom stereocenters. The number of anilines is 1. The zero-order valence-corrected chi connectivity index (χ0v) is 21.2. The van der Waals surface area contributed by atoms with Crippen molar-refractivity contribution in [1.29, 1.82) is 0 Å². The highest BCUT2D eigenvalue weighted by Gasteiger charge is 2.35. The third-order valence-corrected chi connectivity index (χ3v) is 6.90. The van der Waals surface area contributed by atoms with E-state index in [1.165, 1.54) is 18.2 Å². The Bertz CT molecular complexity index is 1400. The zero-order chi connectivity index (χ0) is 25.8. The number of hydrogen-bond acceptors (Lipinski definition) is 5. The number of carbonyl (C=O) groups is 3. The van der Waals surface area contributed by atoms with Crippen molar-refractivity contribution in [1.82, 2.24) is 4.90 Å². The number of carbonyl (C=O) groups excluding carboxylic acids is 3. The van der Waals surface area contributed by atoms with Crippen LogP contribution in [0.15, 0.2) is 65.6 Å². The van der Waals surface area contributed by atoms with Crippen molar-refractivity contribution in [2.45, 2.75) is 13.5 Å². The van der Waals surface area contributed by atoms with Crippen molar-refractivity contribution in [2.24, 2.45) is 0 Å². The van der Waals surface area contributed by atoms with E-state index in [0.29, 0.717) is 27.6 Å². The van der Waals surface area contributed by atoms with Gasteiger partial charge in [-0.3, -0.25) is 19.3 Å². The molecule has 0 saturated carbocycles. The van der Waals surface area contributed by atoms with Crippen molar-refractivity contribution in [2.75, 3.05) is 11.9 Å². The van der Waals surface area contributed by atoms with Gasteiger partial charge in [-0.1, -0.05) is 53.5 Å². The lowest BCUT2D eigenvalue weighted by molar-refractivity contribution is -0.123. The van der Waals surface area contributed by atoms with Crippen molar-refractivity contribution in [3.8, 4) is 5.75 Å². The molecule has 36 heavy (non-hydrogen) atoms. The molecule has 184 valence electrons. The number of nitrogens with one attached hydrogen (secondary N) is 1. The van der Waals surface area contributed by atoms with Gasteiger partial charge in [-0.2, -0.15) is 0 Å². The average molecular weight is 545 g/mol. The van der Waals surface area contributed by atoms with Gasteiger partial charge in [0.1, 0.15) is 11.6 Å². The molecule has 0 aliphatic carbocycles. The molecule has 6 nitrogen and oxygen atoms in total. The molecule has 1 aliphatic rings. The highest BCUT2D eigenvalue weighted by Crippen LogP contribution is 2.35. The first kappa shape index (κ1) is 25.8. The minimum Gasteiger partial charge on any atom is -0.483 e. The summed E-state index contributed by atoms with van der Waals surface area (Å²) in [5.41, 5.74) is 2.41. The molecule has 1 N–H and O–H groups in total. The van der Waals surface area contributed by atoms with Crippen molar-refractivity contribution < 1.29 is 23.5 Å². The molecule has 0 aromatic heterocycles. The van der Waals surface area contributed by atoms with Gasteiger partial charge in [-0.25, -0.2) is 4.39 Å². The molecule has 3 aromatic carbocycles. The van der Waals surface area contributed by atoms with Crippen LogP contribution in [-0.4, -0.2) is 28.6 Å². The summed E-state index contributed by atoms with van der Waals surface area (Å²) in [6, 6.07) is 15.8. The molecule has 3 amide bonds. The Morgan fingerprint density at radius 2 is 1.86 bits per heavy atom. The lowest BCUT2D eigenvalue weighted by Gasteiger charge is -2.13. The molecule has 3 aromatic rings. The Morgan fingerprint density at radius 3 is 2.61 bits per heavy atom. The molecule has 1 saturated heterocycles. The first-order chi connectivity index (χ1) is 17.2. The molecular weight excluding hydrogens is 526 g/mol. The van der Waals surface area contributed by atoms with Crippen molar-refractivity contribution in [3.05, 3.63) is 98.1 Å². The monoisotopic (exact) mass is 544 g/mol. The molecular formula is C26H19Cl2FN2O4S. The fourth-order valence-corrected chi connectivity index (χ4v) is 4.58. The second kappa shape index (κ2) is 11.2. The zero-order valence-electron chi connectivity index (χ0n) is 18.9. The summed E-state index contributed by atoms with van der Waals surface area (Å²) in [4.78, 5) is 39.0. The molecule has 1 aliphatic heterocycles. The maximum Gasteiger partial charge on any atom is 0.293 e. The number of aryl methyl sites for hydroxylation is 1. The van der Waals surface area contributed by atoms with Gasteiger partial charge >= 0.3 is 0 Å². The summed E-state index contributed by atoms with van der Waals surface area (Å²) in [5, 5.41) is 2.91. The maximum atomic E-state index is 13.3.